The highest BCUT2D eigenvalue weighted by Crippen LogP contribution is 2.17. The molecule has 0 fully saturated rings. The van der Waals surface area contributed by atoms with Crippen molar-refractivity contribution >= 4 is 0 Å². The molecular formula is C11H15F2NO2. The first-order valence-electron chi connectivity index (χ1n) is 5.02. The zero-order chi connectivity index (χ0) is 12.1. The summed E-state index contributed by atoms with van der Waals surface area (Å²) < 4.78 is 25.8. The van der Waals surface area contributed by atoms with E-state index in [-0.39, 0.29) is 12.1 Å². The number of aliphatic hydroxyl groups is 2. The molecule has 2 atom stereocenters. The summed E-state index contributed by atoms with van der Waals surface area (Å²) >= 11 is 0. The van der Waals surface area contributed by atoms with Gasteiger partial charge < -0.3 is 15.5 Å². The number of benzene rings is 1. The first kappa shape index (κ1) is 13.0. The SMILES string of the molecule is CC(O)CNCC(O)c1ccc(F)cc1F. The summed E-state index contributed by atoms with van der Waals surface area (Å²) in [6.45, 7) is 2.01. The van der Waals surface area contributed by atoms with Crippen LogP contribution in [-0.4, -0.2) is 29.4 Å². The highest BCUT2D eigenvalue weighted by Gasteiger charge is 2.13. The normalized spacial score (nSPS) is 14.8. The fourth-order valence-electron chi connectivity index (χ4n) is 1.31. The molecule has 0 saturated carbocycles. The molecule has 0 heterocycles. The van der Waals surface area contributed by atoms with Crippen LogP contribution in [0.1, 0.15) is 18.6 Å². The van der Waals surface area contributed by atoms with Crippen LogP contribution in [0, 0.1) is 11.6 Å². The zero-order valence-corrected chi connectivity index (χ0v) is 8.95. The molecule has 1 rings (SSSR count). The zero-order valence-electron chi connectivity index (χ0n) is 8.95. The summed E-state index contributed by atoms with van der Waals surface area (Å²) in [5.41, 5.74) is 0.0412. The van der Waals surface area contributed by atoms with Gasteiger partial charge in [-0.2, -0.15) is 0 Å². The Kier molecular flexibility index (Phi) is 4.79. The Morgan fingerprint density at radius 2 is 1.94 bits per heavy atom. The van der Waals surface area contributed by atoms with E-state index in [1.807, 2.05) is 0 Å². The molecule has 0 radical (unpaired) electrons. The van der Waals surface area contributed by atoms with Gasteiger partial charge in [-0.1, -0.05) is 6.07 Å². The maximum absolute atomic E-state index is 13.2. The van der Waals surface area contributed by atoms with Gasteiger partial charge in [0.15, 0.2) is 0 Å². The predicted molar refractivity (Wildman–Crippen MR) is 55.9 cm³/mol. The van der Waals surface area contributed by atoms with Gasteiger partial charge >= 0.3 is 0 Å². The molecule has 1 aromatic rings. The monoisotopic (exact) mass is 231 g/mol. The van der Waals surface area contributed by atoms with Crippen LogP contribution in [0.4, 0.5) is 8.78 Å². The maximum atomic E-state index is 13.2. The van der Waals surface area contributed by atoms with E-state index in [0.29, 0.717) is 6.54 Å². The molecule has 0 amide bonds. The first-order chi connectivity index (χ1) is 7.50. The molecular weight excluding hydrogens is 216 g/mol. The highest BCUT2D eigenvalue weighted by molar-refractivity contribution is 5.21. The molecule has 3 N–H and O–H groups in total. The van der Waals surface area contributed by atoms with Crippen molar-refractivity contribution in [2.45, 2.75) is 19.1 Å². The average Bonchev–Trinajstić information content (AvgIpc) is 2.16. The molecule has 0 aromatic heterocycles. The Bertz CT molecular complexity index is 345. The summed E-state index contributed by atoms with van der Waals surface area (Å²) in [6.07, 6.45) is -1.59. The van der Waals surface area contributed by atoms with Crippen molar-refractivity contribution in [2.24, 2.45) is 0 Å². The Balaban J connectivity index is 2.55. The van der Waals surface area contributed by atoms with Crippen molar-refractivity contribution in [3.8, 4) is 0 Å². The van der Waals surface area contributed by atoms with E-state index >= 15 is 0 Å². The van der Waals surface area contributed by atoms with Crippen LogP contribution < -0.4 is 5.32 Å². The van der Waals surface area contributed by atoms with Gasteiger partial charge in [0.25, 0.3) is 0 Å². The smallest absolute Gasteiger partial charge is 0.131 e. The van der Waals surface area contributed by atoms with Crippen LogP contribution in [0.2, 0.25) is 0 Å². The van der Waals surface area contributed by atoms with Crippen LogP contribution in [0.15, 0.2) is 18.2 Å². The lowest BCUT2D eigenvalue weighted by Gasteiger charge is -2.13. The average molecular weight is 231 g/mol. The van der Waals surface area contributed by atoms with Gasteiger partial charge in [-0.3, -0.25) is 0 Å². The number of nitrogens with one attached hydrogen (secondary N) is 1. The van der Waals surface area contributed by atoms with Gasteiger partial charge in [0, 0.05) is 24.7 Å². The van der Waals surface area contributed by atoms with E-state index in [0.717, 1.165) is 12.1 Å². The molecule has 1 aromatic carbocycles. The molecule has 0 aliphatic rings. The standard InChI is InChI=1S/C11H15F2NO2/c1-7(15)5-14-6-11(16)9-3-2-8(12)4-10(9)13/h2-4,7,11,14-16H,5-6H2,1H3. The van der Waals surface area contributed by atoms with Gasteiger partial charge in [-0.05, 0) is 13.0 Å². The van der Waals surface area contributed by atoms with Crippen molar-refractivity contribution in [3.63, 3.8) is 0 Å². The van der Waals surface area contributed by atoms with Gasteiger partial charge in [-0.25, -0.2) is 8.78 Å². The van der Waals surface area contributed by atoms with Crippen LogP contribution in [0.5, 0.6) is 0 Å². The summed E-state index contributed by atoms with van der Waals surface area (Å²) in [6, 6.07) is 3.03. The van der Waals surface area contributed by atoms with Gasteiger partial charge in [0.05, 0.1) is 12.2 Å². The molecule has 5 heteroatoms. The lowest BCUT2D eigenvalue weighted by molar-refractivity contribution is 0.152. The van der Waals surface area contributed by atoms with Crippen LogP contribution >= 0.6 is 0 Å². The number of rotatable bonds is 5. The van der Waals surface area contributed by atoms with Crippen LogP contribution in [-0.2, 0) is 0 Å². The molecule has 90 valence electrons. The lowest BCUT2D eigenvalue weighted by Crippen LogP contribution is -2.28. The van der Waals surface area contributed by atoms with Gasteiger partial charge in [-0.15, -0.1) is 0 Å². The van der Waals surface area contributed by atoms with E-state index in [1.165, 1.54) is 6.07 Å². The largest absolute Gasteiger partial charge is 0.392 e. The third-order valence-electron chi connectivity index (χ3n) is 2.10. The Morgan fingerprint density at radius 1 is 1.25 bits per heavy atom. The number of hydrogen-bond acceptors (Lipinski definition) is 3. The molecule has 0 spiro atoms. The van der Waals surface area contributed by atoms with Crippen molar-refractivity contribution in [3.05, 3.63) is 35.4 Å². The van der Waals surface area contributed by atoms with Crippen LogP contribution in [0.3, 0.4) is 0 Å². The summed E-state index contributed by atoms with van der Waals surface area (Å²) in [5.74, 6) is -1.45. The molecule has 0 aliphatic heterocycles. The van der Waals surface area contributed by atoms with Crippen molar-refractivity contribution in [2.75, 3.05) is 13.1 Å². The number of halogens is 2. The fraction of sp³-hybridized carbons (Fsp3) is 0.455. The molecule has 0 aliphatic carbocycles. The summed E-state index contributed by atoms with van der Waals surface area (Å²) in [4.78, 5) is 0. The van der Waals surface area contributed by atoms with E-state index < -0.39 is 23.8 Å². The second-order valence-electron chi connectivity index (χ2n) is 3.69. The number of aliphatic hydroxyl groups excluding tert-OH is 2. The minimum absolute atomic E-state index is 0.0412. The second-order valence-corrected chi connectivity index (χ2v) is 3.69. The van der Waals surface area contributed by atoms with Crippen molar-refractivity contribution in [1.82, 2.24) is 5.32 Å². The van der Waals surface area contributed by atoms with E-state index in [2.05, 4.69) is 5.32 Å². The van der Waals surface area contributed by atoms with E-state index in [1.54, 1.807) is 6.92 Å². The minimum Gasteiger partial charge on any atom is -0.392 e. The Labute approximate surface area is 92.7 Å². The molecule has 3 nitrogen and oxygen atoms in total. The van der Waals surface area contributed by atoms with E-state index in [9.17, 15) is 13.9 Å². The minimum atomic E-state index is -1.06. The quantitative estimate of drug-likeness (QED) is 0.707. The highest BCUT2D eigenvalue weighted by atomic mass is 19.1. The van der Waals surface area contributed by atoms with Crippen LogP contribution in [0.25, 0.3) is 0 Å². The van der Waals surface area contributed by atoms with Gasteiger partial charge in [0.2, 0.25) is 0 Å². The van der Waals surface area contributed by atoms with E-state index in [4.69, 9.17) is 5.11 Å². The van der Waals surface area contributed by atoms with Crippen molar-refractivity contribution < 1.29 is 19.0 Å². The Hall–Kier alpha value is -1.04. The fourth-order valence-corrected chi connectivity index (χ4v) is 1.31. The first-order valence-corrected chi connectivity index (χ1v) is 5.02. The lowest BCUT2D eigenvalue weighted by atomic mass is 10.1. The third-order valence-corrected chi connectivity index (χ3v) is 2.10. The number of hydrogen-bond donors (Lipinski definition) is 3. The molecule has 2 unspecified atom stereocenters. The predicted octanol–water partition coefficient (Wildman–Crippen LogP) is 0.969. The summed E-state index contributed by atoms with van der Waals surface area (Å²) in [7, 11) is 0. The Morgan fingerprint density at radius 3 is 2.50 bits per heavy atom. The molecule has 16 heavy (non-hydrogen) atoms. The van der Waals surface area contributed by atoms with Gasteiger partial charge in [0.1, 0.15) is 11.6 Å². The maximum Gasteiger partial charge on any atom is 0.131 e. The second kappa shape index (κ2) is 5.89. The topological polar surface area (TPSA) is 52.5 Å². The molecule has 0 bridgehead atoms. The third kappa shape index (κ3) is 3.84. The summed E-state index contributed by atoms with van der Waals surface area (Å²) in [5, 5.41) is 21.3. The molecule has 0 saturated heterocycles. The van der Waals surface area contributed by atoms with Crippen molar-refractivity contribution in [1.29, 1.82) is 0 Å².